The highest BCUT2D eigenvalue weighted by molar-refractivity contribution is 6.33. The van der Waals surface area contributed by atoms with Crippen molar-refractivity contribution in [3.05, 3.63) is 22.7 Å². The van der Waals surface area contributed by atoms with Gasteiger partial charge in [0, 0.05) is 12.2 Å². The summed E-state index contributed by atoms with van der Waals surface area (Å²) < 4.78 is 0. The highest BCUT2D eigenvalue weighted by Crippen LogP contribution is 2.27. The van der Waals surface area contributed by atoms with Crippen LogP contribution < -0.4 is 11.1 Å². The van der Waals surface area contributed by atoms with Crippen LogP contribution in [0, 0.1) is 12.8 Å². The Morgan fingerprint density at radius 2 is 2.06 bits per heavy atom. The summed E-state index contributed by atoms with van der Waals surface area (Å²) in [6, 6.07) is 3.86. The molecule has 0 spiro atoms. The number of nitrogens with two attached hydrogens (primary N) is 1. The summed E-state index contributed by atoms with van der Waals surface area (Å²) >= 11 is 6.05. The quantitative estimate of drug-likeness (QED) is 0.693. The van der Waals surface area contributed by atoms with Gasteiger partial charge in [0.1, 0.15) is 0 Å². The highest BCUT2D eigenvalue weighted by Gasteiger charge is 2.08. The van der Waals surface area contributed by atoms with E-state index in [1.54, 1.807) is 0 Å². The Balaban J connectivity index is 2.59. The van der Waals surface area contributed by atoms with Crippen molar-refractivity contribution in [2.24, 2.45) is 5.92 Å². The van der Waals surface area contributed by atoms with Gasteiger partial charge in [-0.1, -0.05) is 44.7 Å². The third-order valence-corrected chi connectivity index (χ3v) is 3.80. The minimum atomic E-state index is 0.629. The molecule has 0 aliphatic rings. The Bertz CT molecular complexity index is 377. The van der Waals surface area contributed by atoms with Gasteiger partial charge in [0.05, 0.1) is 10.7 Å². The zero-order chi connectivity index (χ0) is 13.5. The summed E-state index contributed by atoms with van der Waals surface area (Å²) in [5.41, 5.74) is 8.68. The zero-order valence-electron chi connectivity index (χ0n) is 11.7. The van der Waals surface area contributed by atoms with Crippen LogP contribution in [0.5, 0.6) is 0 Å². The zero-order valence-corrected chi connectivity index (χ0v) is 12.5. The fraction of sp³-hybridized carbons (Fsp3) is 0.600. The Morgan fingerprint density at radius 3 is 2.67 bits per heavy atom. The van der Waals surface area contributed by atoms with E-state index < -0.39 is 0 Å². The van der Waals surface area contributed by atoms with Gasteiger partial charge in [-0.25, -0.2) is 0 Å². The largest absolute Gasteiger partial charge is 0.398 e. The molecule has 0 amide bonds. The van der Waals surface area contributed by atoms with Crippen LogP contribution >= 0.6 is 11.6 Å². The number of hydrogen-bond acceptors (Lipinski definition) is 2. The predicted octanol–water partition coefficient (Wildman–Crippen LogP) is 4.86. The molecular formula is C15H25ClN2. The van der Waals surface area contributed by atoms with Crippen LogP contribution in [0.25, 0.3) is 0 Å². The number of halogens is 1. The number of unbranched alkanes of at least 4 members (excludes halogenated alkanes) is 1. The number of nitrogens with one attached hydrogen (secondary N) is 1. The molecule has 1 rings (SSSR count). The van der Waals surface area contributed by atoms with Gasteiger partial charge in [-0.05, 0) is 37.0 Å². The van der Waals surface area contributed by atoms with Crippen LogP contribution in [0.15, 0.2) is 12.1 Å². The summed E-state index contributed by atoms with van der Waals surface area (Å²) in [6.07, 6.45) is 5.08. The number of nitrogen functional groups attached to an aromatic ring is 1. The molecule has 0 aliphatic heterocycles. The van der Waals surface area contributed by atoms with Crippen molar-refractivity contribution in [2.45, 2.75) is 46.5 Å². The topological polar surface area (TPSA) is 38.0 Å². The van der Waals surface area contributed by atoms with Gasteiger partial charge in [-0.3, -0.25) is 0 Å². The molecule has 3 N–H and O–H groups in total. The van der Waals surface area contributed by atoms with Gasteiger partial charge < -0.3 is 11.1 Å². The standard InChI is InChI=1S/C15H25ClN2/c1-4-6-7-12(5-2)10-18-15-9-13(16)14(17)8-11(15)3/h8-9,12,18H,4-7,10,17H2,1-3H3. The van der Waals surface area contributed by atoms with Crippen molar-refractivity contribution in [1.82, 2.24) is 0 Å². The molecule has 1 aromatic rings. The third kappa shape index (κ3) is 4.41. The van der Waals surface area contributed by atoms with Crippen LogP contribution in [0.1, 0.15) is 45.1 Å². The van der Waals surface area contributed by atoms with Gasteiger partial charge >= 0.3 is 0 Å². The monoisotopic (exact) mass is 268 g/mol. The summed E-state index contributed by atoms with van der Waals surface area (Å²) in [4.78, 5) is 0. The van der Waals surface area contributed by atoms with Gasteiger partial charge in [0.25, 0.3) is 0 Å². The lowest BCUT2D eigenvalue weighted by Gasteiger charge is -2.18. The molecule has 0 radical (unpaired) electrons. The van der Waals surface area contributed by atoms with Crippen molar-refractivity contribution in [1.29, 1.82) is 0 Å². The number of benzene rings is 1. The minimum Gasteiger partial charge on any atom is -0.398 e. The van der Waals surface area contributed by atoms with Crippen molar-refractivity contribution < 1.29 is 0 Å². The van der Waals surface area contributed by atoms with Crippen LogP contribution in [-0.4, -0.2) is 6.54 Å². The van der Waals surface area contributed by atoms with E-state index in [4.69, 9.17) is 17.3 Å². The van der Waals surface area contributed by atoms with Gasteiger partial charge in [-0.2, -0.15) is 0 Å². The molecule has 0 aliphatic carbocycles. The van der Waals surface area contributed by atoms with E-state index in [0.717, 1.165) is 23.7 Å². The fourth-order valence-electron chi connectivity index (χ4n) is 2.09. The number of hydrogen-bond donors (Lipinski definition) is 2. The first-order valence-corrected chi connectivity index (χ1v) is 7.25. The summed E-state index contributed by atoms with van der Waals surface area (Å²) in [6.45, 7) is 7.56. The first-order chi connectivity index (χ1) is 8.58. The van der Waals surface area contributed by atoms with E-state index in [0.29, 0.717) is 10.7 Å². The fourth-order valence-corrected chi connectivity index (χ4v) is 2.26. The number of rotatable bonds is 7. The molecule has 1 unspecified atom stereocenters. The number of anilines is 2. The first kappa shape index (κ1) is 15.2. The average Bonchev–Trinajstić information content (AvgIpc) is 2.35. The Hall–Kier alpha value is -0.890. The smallest absolute Gasteiger partial charge is 0.0656 e. The third-order valence-electron chi connectivity index (χ3n) is 3.47. The predicted molar refractivity (Wildman–Crippen MR) is 82.4 cm³/mol. The molecule has 0 saturated heterocycles. The normalized spacial score (nSPS) is 12.4. The molecule has 0 aromatic heterocycles. The van der Waals surface area contributed by atoms with E-state index in [1.165, 1.54) is 25.7 Å². The number of aryl methyl sites for hydroxylation is 1. The lowest BCUT2D eigenvalue weighted by molar-refractivity contribution is 0.473. The molecule has 0 bridgehead atoms. The van der Waals surface area contributed by atoms with Crippen molar-refractivity contribution in [3.8, 4) is 0 Å². The Labute approximate surface area is 116 Å². The van der Waals surface area contributed by atoms with Gasteiger partial charge in [0.15, 0.2) is 0 Å². The maximum atomic E-state index is 6.05. The average molecular weight is 269 g/mol. The van der Waals surface area contributed by atoms with Crippen LogP contribution in [0.2, 0.25) is 5.02 Å². The summed E-state index contributed by atoms with van der Waals surface area (Å²) in [7, 11) is 0. The van der Waals surface area contributed by atoms with Gasteiger partial charge in [-0.15, -0.1) is 0 Å². The van der Waals surface area contributed by atoms with E-state index in [2.05, 4.69) is 26.1 Å². The molecule has 0 fully saturated rings. The Morgan fingerprint density at radius 1 is 1.33 bits per heavy atom. The molecule has 0 heterocycles. The lowest BCUT2D eigenvalue weighted by atomic mass is 9.99. The molecule has 1 atom stereocenters. The van der Waals surface area contributed by atoms with Crippen molar-refractivity contribution in [2.75, 3.05) is 17.6 Å². The summed E-state index contributed by atoms with van der Waals surface area (Å²) in [5, 5.41) is 4.13. The van der Waals surface area contributed by atoms with E-state index >= 15 is 0 Å². The molecule has 3 heteroatoms. The van der Waals surface area contributed by atoms with E-state index in [9.17, 15) is 0 Å². The summed E-state index contributed by atoms with van der Waals surface area (Å²) in [5.74, 6) is 0.737. The lowest BCUT2D eigenvalue weighted by Crippen LogP contribution is -2.14. The second-order valence-corrected chi connectivity index (χ2v) is 5.39. The second kappa shape index (κ2) is 7.52. The van der Waals surface area contributed by atoms with Crippen molar-refractivity contribution in [3.63, 3.8) is 0 Å². The molecule has 2 nitrogen and oxygen atoms in total. The molecule has 18 heavy (non-hydrogen) atoms. The second-order valence-electron chi connectivity index (χ2n) is 4.99. The van der Waals surface area contributed by atoms with E-state index in [-0.39, 0.29) is 0 Å². The maximum Gasteiger partial charge on any atom is 0.0656 e. The molecule has 102 valence electrons. The first-order valence-electron chi connectivity index (χ1n) is 6.87. The molecule has 1 aromatic carbocycles. The SMILES string of the molecule is CCCCC(CC)CNc1cc(Cl)c(N)cc1C. The van der Waals surface area contributed by atoms with Crippen LogP contribution in [0.3, 0.4) is 0 Å². The molecular weight excluding hydrogens is 244 g/mol. The van der Waals surface area contributed by atoms with Crippen LogP contribution in [0.4, 0.5) is 11.4 Å². The Kier molecular flexibility index (Phi) is 6.34. The van der Waals surface area contributed by atoms with Gasteiger partial charge in [0.2, 0.25) is 0 Å². The minimum absolute atomic E-state index is 0.629. The van der Waals surface area contributed by atoms with Crippen molar-refractivity contribution >= 4 is 23.0 Å². The maximum absolute atomic E-state index is 6.05. The van der Waals surface area contributed by atoms with Crippen LogP contribution in [-0.2, 0) is 0 Å². The van der Waals surface area contributed by atoms with E-state index in [1.807, 2.05) is 12.1 Å². The highest BCUT2D eigenvalue weighted by atomic mass is 35.5. The molecule has 0 saturated carbocycles.